The molecule has 0 saturated carbocycles. The summed E-state index contributed by atoms with van der Waals surface area (Å²) in [6, 6.07) is 5.60. The highest BCUT2D eigenvalue weighted by Crippen LogP contribution is 2.37. The van der Waals surface area contributed by atoms with E-state index in [0.717, 1.165) is 25.7 Å². The van der Waals surface area contributed by atoms with Gasteiger partial charge in [0, 0.05) is 18.5 Å². The average Bonchev–Trinajstić information content (AvgIpc) is 2.65. The van der Waals surface area contributed by atoms with Crippen molar-refractivity contribution < 1.29 is 9.50 Å². The molecular formula is C14H17ClFNO. The molecule has 1 aromatic carbocycles. The fourth-order valence-electron chi connectivity index (χ4n) is 3.41. The van der Waals surface area contributed by atoms with Crippen LogP contribution in [0.1, 0.15) is 31.2 Å². The van der Waals surface area contributed by atoms with E-state index in [4.69, 9.17) is 11.6 Å². The number of benzene rings is 1. The monoisotopic (exact) mass is 269 g/mol. The number of hydrogen-bond acceptors (Lipinski definition) is 2. The van der Waals surface area contributed by atoms with E-state index in [1.807, 2.05) is 0 Å². The summed E-state index contributed by atoms with van der Waals surface area (Å²) in [7, 11) is 0. The van der Waals surface area contributed by atoms with Crippen LogP contribution in [0.2, 0.25) is 5.02 Å². The van der Waals surface area contributed by atoms with Crippen LogP contribution in [-0.2, 0) is 6.42 Å². The van der Waals surface area contributed by atoms with Crippen molar-refractivity contribution in [2.45, 2.75) is 49.8 Å². The summed E-state index contributed by atoms with van der Waals surface area (Å²) in [5, 5.41) is 14.3. The van der Waals surface area contributed by atoms with Crippen molar-refractivity contribution in [1.29, 1.82) is 0 Å². The second-order valence-corrected chi connectivity index (χ2v) is 6.04. The molecule has 4 heteroatoms. The highest BCUT2D eigenvalue weighted by Gasteiger charge is 2.42. The lowest BCUT2D eigenvalue weighted by Crippen LogP contribution is -2.49. The maximum Gasteiger partial charge on any atom is 0.142 e. The first kappa shape index (κ1) is 12.4. The number of nitrogens with one attached hydrogen (secondary N) is 1. The topological polar surface area (TPSA) is 32.3 Å². The molecule has 2 N–H and O–H groups in total. The number of piperidine rings is 1. The lowest BCUT2D eigenvalue weighted by molar-refractivity contribution is -0.00610. The average molecular weight is 270 g/mol. The molecule has 2 nitrogen and oxygen atoms in total. The van der Waals surface area contributed by atoms with Gasteiger partial charge in [-0.05, 0) is 37.3 Å². The number of aliphatic hydroxyl groups is 1. The van der Waals surface area contributed by atoms with E-state index in [2.05, 4.69) is 5.32 Å². The molecule has 2 heterocycles. The Balaban J connectivity index is 1.81. The van der Waals surface area contributed by atoms with Crippen LogP contribution < -0.4 is 5.32 Å². The van der Waals surface area contributed by atoms with Gasteiger partial charge in [0.2, 0.25) is 0 Å². The summed E-state index contributed by atoms with van der Waals surface area (Å²) < 4.78 is 13.4. The molecule has 0 aromatic heterocycles. The Kier molecular flexibility index (Phi) is 3.08. The van der Waals surface area contributed by atoms with E-state index >= 15 is 0 Å². The summed E-state index contributed by atoms with van der Waals surface area (Å²) in [6.07, 6.45) is 4.17. The number of rotatable bonds is 2. The van der Waals surface area contributed by atoms with Crippen LogP contribution in [0, 0.1) is 5.82 Å². The standard InChI is InChI=1S/C14H17ClFNO/c15-13-9(2-1-3-12(13)16)6-14(18)7-10-4-5-11(8-14)17-10/h1-3,10-11,17-18H,4-8H2. The highest BCUT2D eigenvalue weighted by molar-refractivity contribution is 6.31. The molecule has 0 amide bonds. The molecule has 2 atom stereocenters. The Labute approximate surface area is 111 Å². The number of hydrogen-bond donors (Lipinski definition) is 2. The van der Waals surface area contributed by atoms with Crippen molar-refractivity contribution in [3.8, 4) is 0 Å². The molecule has 2 aliphatic rings. The van der Waals surface area contributed by atoms with Crippen LogP contribution in [0.5, 0.6) is 0 Å². The Hall–Kier alpha value is -0.640. The summed E-state index contributed by atoms with van der Waals surface area (Å²) in [6.45, 7) is 0. The number of fused-ring (bicyclic) bond motifs is 2. The summed E-state index contributed by atoms with van der Waals surface area (Å²) in [5.41, 5.74) is -0.0328. The van der Waals surface area contributed by atoms with Gasteiger partial charge >= 0.3 is 0 Å². The van der Waals surface area contributed by atoms with Gasteiger partial charge < -0.3 is 10.4 Å². The normalized spacial score (nSPS) is 34.8. The first-order chi connectivity index (χ1) is 8.56. The molecule has 2 fully saturated rings. The third-order valence-electron chi connectivity index (χ3n) is 4.14. The Bertz CT molecular complexity index is 453. The fraction of sp³-hybridized carbons (Fsp3) is 0.571. The Morgan fingerprint density at radius 2 is 2.00 bits per heavy atom. The number of halogens is 2. The minimum atomic E-state index is -0.742. The van der Waals surface area contributed by atoms with E-state index in [1.165, 1.54) is 6.07 Å². The smallest absolute Gasteiger partial charge is 0.142 e. The molecular weight excluding hydrogens is 253 g/mol. The van der Waals surface area contributed by atoms with Gasteiger partial charge in [0.15, 0.2) is 0 Å². The molecule has 98 valence electrons. The van der Waals surface area contributed by atoms with Gasteiger partial charge in [-0.2, -0.15) is 0 Å². The summed E-state index contributed by atoms with van der Waals surface area (Å²) in [4.78, 5) is 0. The van der Waals surface area contributed by atoms with Crippen LogP contribution in [0.15, 0.2) is 18.2 Å². The van der Waals surface area contributed by atoms with Crippen molar-refractivity contribution in [3.05, 3.63) is 34.6 Å². The molecule has 2 unspecified atom stereocenters. The fourth-order valence-corrected chi connectivity index (χ4v) is 3.60. The first-order valence-corrected chi connectivity index (χ1v) is 6.85. The van der Waals surface area contributed by atoms with Gasteiger partial charge in [0.05, 0.1) is 10.6 Å². The van der Waals surface area contributed by atoms with Crippen LogP contribution in [-0.4, -0.2) is 22.8 Å². The zero-order valence-corrected chi connectivity index (χ0v) is 10.9. The van der Waals surface area contributed by atoms with E-state index in [-0.39, 0.29) is 5.02 Å². The quantitative estimate of drug-likeness (QED) is 0.865. The van der Waals surface area contributed by atoms with Crippen LogP contribution in [0.25, 0.3) is 0 Å². The SMILES string of the molecule is OC1(Cc2cccc(F)c2Cl)CC2CCC(C1)N2. The summed E-state index contributed by atoms with van der Waals surface area (Å²) in [5.74, 6) is -0.408. The zero-order valence-electron chi connectivity index (χ0n) is 10.1. The summed E-state index contributed by atoms with van der Waals surface area (Å²) >= 11 is 5.96. The van der Waals surface area contributed by atoms with E-state index in [1.54, 1.807) is 12.1 Å². The van der Waals surface area contributed by atoms with Gasteiger partial charge in [-0.15, -0.1) is 0 Å². The predicted molar refractivity (Wildman–Crippen MR) is 69.2 cm³/mol. The molecule has 0 radical (unpaired) electrons. The first-order valence-electron chi connectivity index (χ1n) is 6.47. The lowest BCUT2D eigenvalue weighted by atomic mass is 9.82. The van der Waals surface area contributed by atoms with Crippen molar-refractivity contribution in [3.63, 3.8) is 0 Å². The van der Waals surface area contributed by atoms with Gasteiger partial charge in [0.25, 0.3) is 0 Å². The van der Waals surface area contributed by atoms with Gasteiger partial charge in [-0.25, -0.2) is 4.39 Å². The van der Waals surface area contributed by atoms with E-state index < -0.39 is 11.4 Å². The largest absolute Gasteiger partial charge is 0.389 e. The molecule has 3 rings (SSSR count). The Morgan fingerprint density at radius 1 is 1.33 bits per heavy atom. The third kappa shape index (κ3) is 2.27. The molecule has 2 saturated heterocycles. The second kappa shape index (κ2) is 4.48. The van der Waals surface area contributed by atoms with Crippen LogP contribution in [0.3, 0.4) is 0 Å². The highest BCUT2D eigenvalue weighted by atomic mass is 35.5. The maximum absolute atomic E-state index is 13.4. The Morgan fingerprint density at radius 3 is 2.67 bits per heavy atom. The van der Waals surface area contributed by atoms with Crippen LogP contribution >= 0.6 is 11.6 Å². The predicted octanol–water partition coefficient (Wildman–Crippen LogP) is 2.67. The molecule has 0 aliphatic carbocycles. The zero-order chi connectivity index (χ0) is 12.8. The minimum absolute atomic E-state index is 0.150. The van der Waals surface area contributed by atoms with E-state index in [0.29, 0.717) is 24.1 Å². The molecule has 18 heavy (non-hydrogen) atoms. The van der Waals surface area contributed by atoms with Crippen LogP contribution in [0.4, 0.5) is 4.39 Å². The van der Waals surface area contributed by atoms with Crippen molar-refractivity contribution >= 4 is 11.6 Å². The molecule has 2 bridgehead atoms. The molecule has 2 aliphatic heterocycles. The molecule has 0 spiro atoms. The van der Waals surface area contributed by atoms with Crippen molar-refractivity contribution in [2.24, 2.45) is 0 Å². The van der Waals surface area contributed by atoms with Crippen molar-refractivity contribution in [2.75, 3.05) is 0 Å². The third-order valence-corrected chi connectivity index (χ3v) is 4.56. The maximum atomic E-state index is 13.4. The molecule has 1 aromatic rings. The second-order valence-electron chi connectivity index (χ2n) is 5.66. The minimum Gasteiger partial charge on any atom is -0.389 e. The van der Waals surface area contributed by atoms with Crippen molar-refractivity contribution in [1.82, 2.24) is 5.32 Å². The van der Waals surface area contributed by atoms with Gasteiger partial charge in [-0.3, -0.25) is 0 Å². The van der Waals surface area contributed by atoms with Gasteiger partial charge in [-0.1, -0.05) is 23.7 Å². The van der Waals surface area contributed by atoms with Gasteiger partial charge in [0.1, 0.15) is 5.82 Å². The lowest BCUT2D eigenvalue weighted by Gasteiger charge is -2.37. The van der Waals surface area contributed by atoms with E-state index in [9.17, 15) is 9.50 Å².